The van der Waals surface area contributed by atoms with Crippen molar-refractivity contribution in [1.29, 1.82) is 0 Å². The van der Waals surface area contributed by atoms with E-state index in [9.17, 15) is 4.79 Å². The molecular weight excluding hydrogens is 294 g/mol. The van der Waals surface area contributed by atoms with Crippen LogP contribution in [0.4, 0.5) is 11.4 Å². The summed E-state index contributed by atoms with van der Waals surface area (Å²) in [6, 6.07) is 6.02. The van der Waals surface area contributed by atoms with Crippen LogP contribution < -0.4 is 15.5 Å². The summed E-state index contributed by atoms with van der Waals surface area (Å²) in [4.78, 5) is 15.9. The van der Waals surface area contributed by atoms with Gasteiger partial charge in [-0.05, 0) is 31.2 Å². The summed E-state index contributed by atoms with van der Waals surface area (Å²) < 4.78 is 1.03. The first kappa shape index (κ1) is 13.4. The molecule has 1 amide bonds. The fourth-order valence-corrected chi connectivity index (χ4v) is 2.55. The van der Waals surface area contributed by atoms with Crippen LogP contribution in [-0.4, -0.2) is 32.6 Å². The highest BCUT2D eigenvalue weighted by Crippen LogP contribution is 2.34. The van der Waals surface area contributed by atoms with E-state index in [2.05, 4.69) is 26.9 Å². The predicted octanol–water partition coefficient (Wildman–Crippen LogP) is 1.97. The highest BCUT2D eigenvalue weighted by atomic mass is 79.9. The molecule has 98 valence electrons. The maximum atomic E-state index is 11.9. The van der Waals surface area contributed by atoms with Crippen molar-refractivity contribution >= 4 is 33.2 Å². The molecule has 0 spiro atoms. The molecule has 0 atom stereocenters. The molecule has 1 heterocycles. The summed E-state index contributed by atoms with van der Waals surface area (Å²) in [5, 5.41) is 0. The molecule has 1 aliphatic heterocycles. The molecule has 4 nitrogen and oxygen atoms in total. The Morgan fingerprint density at radius 1 is 1.39 bits per heavy atom. The third kappa shape index (κ3) is 2.67. The lowest BCUT2D eigenvalue weighted by Crippen LogP contribution is -2.27. The molecule has 0 saturated carbocycles. The van der Waals surface area contributed by atoms with E-state index < -0.39 is 0 Å². The van der Waals surface area contributed by atoms with Crippen molar-refractivity contribution in [2.24, 2.45) is 5.73 Å². The first-order valence-electron chi connectivity index (χ1n) is 6.14. The molecule has 18 heavy (non-hydrogen) atoms. The lowest BCUT2D eigenvalue weighted by molar-refractivity contribution is -0.118. The van der Waals surface area contributed by atoms with Gasteiger partial charge in [0.25, 0.3) is 0 Å². The minimum absolute atomic E-state index is 0.161. The van der Waals surface area contributed by atoms with E-state index in [-0.39, 0.29) is 5.91 Å². The highest BCUT2D eigenvalue weighted by Gasteiger charge is 2.23. The number of hydrogen-bond acceptors (Lipinski definition) is 3. The van der Waals surface area contributed by atoms with Gasteiger partial charge in [0.15, 0.2) is 0 Å². The number of benzene rings is 1. The molecule has 5 heteroatoms. The Hall–Kier alpha value is -1.07. The minimum Gasteiger partial charge on any atom is -0.369 e. The maximum absolute atomic E-state index is 11.9. The molecule has 0 unspecified atom stereocenters. The van der Waals surface area contributed by atoms with Gasteiger partial charge in [-0.2, -0.15) is 0 Å². The monoisotopic (exact) mass is 311 g/mol. The van der Waals surface area contributed by atoms with Gasteiger partial charge < -0.3 is 15.5 Å². The van der Waals surface area contributed by atoms with Crippen LogP contribution in [0.5, 0.6) is 0 Å². The average molecular weight is 312 g/mol. The second-order valence-electron chi connectivity index (χ2n) is 4.47. The first-order chi connectivity index (χ1) is 8.63. The van der Waals surface area contributed by atoms with E-state index in [0.29, 0.717) is 13.0 Å². The highest BCUT2D eigenvalue weighted by molar-refractivity contribution is 9.10. The zero-order chi connectivity index (χ0) is 13.1. The molecular formula is C13H18BrN3O. The van der Waals surface area contributed by atoms with Crippen LogP contribution in [0, 0.1) is 0 Å². The zero-order valence-corrected chi connectivity index (χ0v) is 12.1. The SMILES string of the molecule is CN1C(=O)CCN(CCCN)c2cc(Br)ccc21. The fraction of sp³-hybridized carbons (Fsp3) is 0.462. The van der Waals surface area contributed by atoms with Gasteiger partial charge in [-0.3, -0.25) is 4.79 Å². The van der Waals surface area contributed by atoms with E-state index >= 15 is 0 Å². The molecule has 0 radical (unpaired) electrons. The molecule has 0 aliphatic carbocycles. The third-order valence-corrected chi connectivity index (χ3v) is 3.73. The summed E-state index contributed by atoms with van der Waals surface area (Å²) in [5.74, 6) is 0.161. The van der Waals surface area contributed by atoms with Crippen LogP contribution in [-0.2, 0) is 4.79 Å². The van der Waals surface area contributed by atoms with E-state index in [1.54, 1.807) is 4.90 Å². The van der Waals surface area contributed by atoms with Crippen molar-refractivity contribution in [3.05, 3.63) is 22.7 Å². The normalized spacial score (nSPS) is 15.6. The molecule has 1 aromatic carbocycles. The molecule has 0 fully saturated rings. The van der Waals surface area contributed by atoms with E-state index in [0.717, 1.165) is 35.4 Å². The summed E-state index contributed by atoms with van der Waals surface area (Å²) in [6.45, 7) is 2.32. The molecule has 2 N–H and O–H groups in total. The first-order valence-corrected chi connectivity index (χ1v) is 6.94. The number of halogens is 1. The van der Waals surface area contributed by atoms with E-state index in [1.807, 2.05) is 19.2 Å². The molecule has 0 bridgehead atoms. The Morgan fingerprint density at radius 3 is 2.89 bits per heavy atom. The van der Waals surface area contributed by atoms with Crippen LogP contribution in [0.15, 0.2) is 22.7 Å². The Bertz CT molecular complexity index is 450. The van der Waals surface area contributed by atoms with Crippen LogP contribution >= 0.6 is 15.9 Å². The molecule has 0 aromatic heterocycles. The minimum atomic E-state index is 0.161. The van der Waals surface area contributed by atoms with Crippen molar-refractivity contribution < 1.29 is 4.79 Å². The van der Waals surface area contributed by atoms with Gasteiger partial charge in [0.05, 0.1) is 11.4 Å². The number of nitrogens with two attached hydrogens (primary N) is 1. The van der Waals surface area contributed by atoms with Gasteiger partial charge in [-0.15, -0.1) is 0 Å². The Kier molecular flexibility index (Phi) is 4.24. The molecule has 2 rings (SSSR count). The Labute approximate surface area is 116 Å². The Balaban J connectivity index is 2.38. The average Bonchev–Trinajstić information content (AvgIpc) is 2.47. The molecule has 0 saturated heterocycles. The number of fused-ring (bicyclic) bond motifs is 1. The summed E-state index contributed by atoms with van der Waals surface area (Å²) >= 11 is 3.49. The van der Waals surface area contributed by atoms with E-state index in [4.69, 9.17) is 5.73 Å². The standard InChI is InChI=1S/C13H18BrN3O/c1-16-11-4-3-10(14)9-12(11)17(7-2-6-15)8-5-13(16)18/h3-4,9H,2,5-8,15H2,1H3. The van der Waals surface area contributed by atoms with Crippen LogP contribution in [0.25, 0.3) is 0 Å². The number of rotatable bonds is 3. The van der Waals surface area contributed by atoms with Gasteiger partial charge in [-0.25, -0.2) is 0 Å². The number of carbonyl (C=O) groups is 1. The van der Waals surface area contributed by atoms with E-state index in [1.165, 1.54) is 0 Å². The van der Waals surface area contributed by atoms with Crippen molar-refractivity contribution in [2.75, 3.05) is 36.5 Å². The second kappa shape index (κ2) is 5.71. The smallest absolute Gasteiger partial charge is 0.228 e. The molecule has 1 aromatic rings. The van der Waals surface area contributed by atoms with Crippen LogP contribution in [0.1, 0.15) is 12.8 Å². The zero-order valence-electron chi connectivity index (χ0n) is 10.5. The van der Waals surface area contributed by atoms with Gasteiger partial charge in [0.2, 0.25) is 5.91 Å². The lowest BCUT2D eigenvalue weighted by Gasteiger charge is -2.25. The van der Waals surface area contributed by atoms with Crippen molar-refractivity contribution in [2.45, 2.75) is 12.8 Å². The van der Waals surface area contributed by atoms with Gasteiger partial charge in [-0.1, -0.05) is 15.9 Å². The summed E-state index contributed by atoms with van der Waals surface area (Å²) in [6.07, 6.45) is 1.48. The Morgan fingerprint density at radius 2 is 2.17 bits per heavy atom. The quantitative estimate of drug-likeness (QED) is 0.928. The van der Waals surface area contributed by atoms with Crippen molar-refractivity contribution in [1.82, 2.24) is 0 Å². The van der Waals surface area contributed by atoms with Crippen LogP contribution in [0.3, 0.4) is 0 Å². The number of amides is 1. The maximum Gasteiger partial charge on any atom is 0.228 e. The van der Waals surface area contributed by atoms with Gasteiger partial charge >= 0.3 is 0 Å². The fourth-order valence-electron chi connectivity index (χ4n) is 2.20. The number of carbonyl (C=O) groups excluding carboxylic acids is 1. The predicted molar refractivity (Wildman–Crippen MR) is 78.1 cm³/mol. The topological polar surface area (TPSA) is 49.6 Å². The largest absolute Gasteiger partial charge is 0.369 e. The summed E-state index contributed by atoms with van der Waals surface area (Å²) in [5.41, 5.74) is 7.65. The van der Waals surface area contributed by atoms with Gasteiger partial charge in [0, 0.05) is 31.0 Å². The lowest BCUT2D eigenvalue weighted by atomic mass is 10.2. The van der Waals surface area contributed by atoms with Crippen molar-refractivity contribution in [3.63, 3.8) is 0 Å². The third-order valence-electron chi connectivity index (χ3n) is 3.24. The van der Waals surface area contributed by atoms with Crippen molar-refractivity contribution in [3.8, 4) is 0 Å². The number of hydrogen-bond donors (Lipinski definition) is 1. The number of nitrogens with zero attached hydrogens (tertiary/aromatic N) is 2. The van der Waals surface area contributed by atoms with Gasteiger partial charge in [0.1, 0.15) is 0 Å². The molecule has 1 aliphatic rings. The number of anilines is 2. The second-order valence-corrected chi connectivity index (χ2v) is 5.38. The summed E-state index contributed by atoms with van der Waals surface area (Å²) in [7, 11) is 1.83. The van der Waals surface area contributed by atoms with Crippen LogP contribution in [0.2, 0.25) is 0 Å².